The Hall–Kier alpha value is -1.81. The highest BCUT2D eigenvalue weighted by Gasteiger charge is 2.60. The molecule has 2 aromatic rings. The van der Waals surface area contributed by atoms with Crippen LogP contribution >= 0.6 is 0 Å². The summed E-state index contributed by atoms with van der Waals surface area (Å²) in [7, 11) is 0. The third-order valence-corrected chi connectivity index (χ3v) is 6.05. The molecule has 1 amide bonds. The molecule has 0 radical (unpaired) electrons. The Morgan fingerprint density at radius 2 is 2.00 bits per heavy atom. The van der Waals surface area contributed by atoms with Crippen molar-refractivity contribution in [3.8, 4) is 0 Å². The molecule has 1 atom stereocenters. The second kappa shape index (κ2) is 4.35. The third kappa shape index (κ3) is 1.70. The predicted octanol–water partition coefficient (Wildman–Crippen LogP) is 2.30. The number of carbonyl (C=O) groups excluding carboxylic acids is 1. The zero-order valence-corrected chi connectivity index (χ0v) is 12.7. The number of hydrogen-bond acceptors (Lipinski definition) is 2. The van der Waals surface area contributed by atoms with Crippen molar-refractivity contribution in [3.05, 3.63) is 42.2 Å². The van der Waals surface area contributed by atoms with Crippen LogP contribution in [0.25, 0.3) is 5.52 Å². The van der Waals surface area contributed by atoms with E-state index in [1.165, 1.54) is 38.8 Å². The molecule has 0 aromatic carbocycles. The molecule has 1 N–H and O–H groups in total. The van der Waals surface area contributed by atoms with Crippen LogP contribution in [0.2, 0.25) is 0 Å². The second-order valence-corrected chi connectivity index (χ2v) is 7.14. The summed E-state index contributed by atoms with van der Waals surface area (Å²) in [6.07, 6.45) is 8.91. The lowest BCUT2D eigenvalue weighted by Crippen LogP contribution is -2.65. The van der Waals surface area contributed by atoms with Gasteiger partial charge in [-0.05, 0) is 69.0 Å². The van der Waals surface area contributed by atoms with Gasteiger partial charge in [-0.1, -0.05) is 0 Å². The van der Waals surface area contributed by atoms with E-state index in [1.807, 2.05) is 41.1 Å². The molecule has 5 heterocycles. The number of hydrogen-bond donors (Lipinski definition) is 1. The number of carbonyl (C=O) groups is 1. The van der Waals surface area contributed by atoms with E-state index >= 15 is 0 Å². The van der Waals surface area contributed by atoms with E-state index in [0.717, 1.165) is 11.1 Å². The highest BCUT2D eigenvalue weighted by Crippen LogP contribution is 2.53. The van der Waals surface area contributed by atoms with Crippen LogP contribution in [0.3, 0.4) is 0 Å². The van der Waals surface area contributed by atoms with Crippen LogP contribution in [0.1, 0.15) is 36.0 Å². The van der Waals surface area contributed by atoms with Gasteiger partial charge in [0.1, 0.15) is 0 Å². The van der Waals surface area contributed by atoms with Crippen LogP contribution in [0.15, 0.2) is 36.7 Å². The van der Waals surface area contributed by atoms with Crippen molar-refractivity contribution in [2.75, 3.05) is 13.1 Å². The first kappa shape index (κ1) is 12.7. The van der Waals surface area contributed by atoms with Crippen LogP contribution < -0.4 is 5.32 Å². The fourth-order valence-electron chi connectivity index (χ4n) is 4.71. The molecule has 3 saturated heterocycles. The third-order valence-electron chi connectivity index (χ3n) is 6.05. The van der Waals surface area contributed by atoms with E-state index in [4.69, 9.17) is 0 Å². The van der Waals surface area contributed by atoms with Crippen LogP contribution in [0, 0.1) is 5.92 Å². The van der Waals surface area contributed by atoms with Crippen molar-refractivity contribution in [1.82, 2.24) is 14.6 Å². The summed E-state index contributed by atoms with van der Waals surface area (Å²) in [4.78, 5) is 15.4. The zero-order chi connectivity index (χ0) is 14.7. The van der Waals surface area contributed by atoms with Gasteiger partial charge in [-0.3, -0.25) is 9.69 Å². The number of amides is 1. The fourth-order valence-corrected chi connectivity index (χ4v) is 4.71. The van der Waals surface area contributed by atoms with Crippen molar-refractivity contribution in [3.63, 3.8) is 0 Å². The van der Waals surface area contributed by atoms with E-state index in [1.54, 1.807) is 0 Å². The number of nitrogens with zero attached hydrogens (tertiary/aromatic N) is 2. The van der Waals surface area contributed by atoms with Gasteiger partial charge >= 0.3 is 0 Å². The van der Waals surface area contributed by atoms with Crippen molar-refractivity contribution >= 4 is 11.4 Å². The summed E-state index contributed by atoms with van der Waals surface area (Å²) in [5.74, 6) is 0.757. The molecule has 4 heteroatoms. The van der Waals surface area contributed by atoms with E-state index in [2.05, 4.69) is 10.2 Å². The minimum Gasteiger partial charge on any atom is -0.347 e. The maximum atomic E-state index is 12.7. The standard InChI is InChI=1S/C18H21N3O/c22-17(14-3-4-15-2-1-9-20(15)12-14)19-16-13-5-10-21(11-6-13)18(16)7-8-18/h1-4,9,12-13,16H,5-8,10-11H2,(H,19,22). The van der Waals surface area contributed by atoms with Crippen molar-refractivity contribution in [1.29, 1.82) is 0 Å². The number of rotatable bonds is 2. The average Bonchev–Trinajstić information content (AvgIpc) is 3.18. The van der Waals surface area contributed by atoms with Crippen molar-refractivity contribution in [2.45, 2.75) is 37.3 Å². The number of pyridine rings is 1. The first-order chi connectivity index (χ1) is 10.8. The molecular weight excluding hydrogens is 274 g/mol. The Morgan fingerprint density at radius 1 is 1.18 bits per heavy atom. The molecule has 2 aromatic heterocycles. The van der Waals surface area contributed by atoms with Gasteiger partial charge in [0.05, 0.1) is 11.6 Å². The lowest BCUT2D eigenvalue weighted by Gasteiger charge is -2.52. The smallest absolute Gasteiger partial charge is 0.253 e. The Labute approximate surface area is 130 Å². The molecule has 4 fully saturated rings. The Morgan fingerprint density at radius 3 is 2.77 bits per heavy atom. The van der Waals surface area contributed by atoms with Crippen molar-refractivity contribution in [2.24, 2.45) is 5.92 Å². The molecule has 3 aliphatic heterocycles. The topological polar surface area (TPSA) is 36.8 Å². The van der Waals surface area contributed by atoms with Gasteiger partial charge in [0, 0.05) is 23.4 Å². The largest absolute Gasteiger partial charge is 0.347 e. The summed E-state index contributed by atoms with van der Waals surface area (Å²) in [6, 6.07) is 8.35. The van der Waals surface area contributed by atoms with Crippen LogP contribution in [-0.2, 0) is 0 Å². The highest BCUT2D eigenvalue weighted by atomic mass is 16.1. The van der Waals surface area contributed by atoms with Gasteiger partial charge in [-0.25, -0.2) is 0 Å². The highest BCUT2D eigenvalue weighted by molar-refractivity contribution is 5.94. The van der Waals surface area contributed by atoms with Gasteiger partial charge in [0.25, 0.3) is 5.91 Å². The maximum absolute atomic E-state index is 12.7. The quantitative estimate of drug-likeness (QED) is 0.923. The van der Waals surface area contributed by atoms with Gasteiger partial charge < -0.3 is 9.72 Å². The normalized spacial score (nSPS) is 31.5. The summed E-state index contributed by atoms with van der Waals surface area (Å²) >= 11 is 0. The summed E-state index contributed by atoms with van der Waals surface area (Å²) in [5.41, 5.74) is 2.18. The molecular formula is C18H21N3O. The number of aromatic nitrogens is 1. The van der Waals surface area contributed by atoms with Gasteiger partial charge in [-0.2, -0.15) is 0 Å². The molecule has 4 aliphatic rings. The monoisotopic (exact) mass is 295 g/mol. The van der Waals surface area contributed by atoms with E-state index in [-0.39, 0.29) is 5.91 Å². The van der Waals surface area contributed by atoms with E-state index in [0.29, 0.717) is 17.5 Å². The minimum absolute atomic E-state index is 0.0839. The molecule has 114 valence electrons. The Kier molecular flexibility index (Phi) is 2.51. The lowest BCUT2D eigenvalue weighted by atomic mass is 9.77. The molecule has 2 bridgehead atoms. The van der Waals surface area contributed by atoms with Crippen LogP contribution in [0.5, 0.6) is 0 Å². The summed E-state index contributed by atoms with van der Waals surface area (Å²) in [5, 5.41) is 3.38. The molecule has 1 spiro atoms. The van der Waals surface area contributed by atoms with Crippen molar-refractivity contribution < 1.29 is 4.79 Å². The number of fused-ring (bicyclic) bond motifs is 3. The Balaban J connectivity index is 1.42. The molecule has 4 nitrogen and oxygen atoms in total. The maximum Gasteiger partial charge on any atom is 0.253 e. The summed E-state index contributed by atoms with van der Waals surface area (Å²) < 4.78 is 2.01. The van der Waals surface area contributed by atoms with E-state index < -0.39 is 0 Å². The predicted molar refractivity (Wildman–Crippen MR) is 84.9 cm³/mol. The second-order valence-electron chi connectivity index (χ2n) is 7.14. The summed E-state index contributed by atoms with van der Waals surface area (Å²) in [6.45, 7) is 2.46. The number of piperidine rings is 3. The SMILES string of the molecule is O=C(NC1C2CCN(CC2)C12CC2)c1ccc2cccn2c1. The fraction of sp³-hybridized carbons (Fsp3) is 0.500. The van der Waals surface area contributed by atoms with Gasteiger partial charge in [-0.15, -0.1) is 0 Å². The lowest BCUT2D eigenvalue weighted by molar-refractivity contribution is -0.00145. The zero-order valence-electron chi connectivity index (χ0n) is 12.7. The first-order valence-electron chi connectivity index (χ1n) is 8.39. The van der Waals surface area contributed by atoms with Gasteiger partial charge in [0.2, 0.25) is 0 Å². The van der Waals surface area contributed by atoms with Gasteiger partial charge in [0.15, 0.2) is 0 Å². The number of nitrogens with one attached hydrogen (secondary N) is 1. The Bertz CT molecular complexity index is 738. The molecule has 1 aliphatic carbocycles. The average molecular weight is 295 g/mol. The first-order valence-corrected chi connectivity index (χ1v) is 8.39. The molecule has 22 heavy (non-hydrogen) atoms. The molecule has 1 saturated carbocycles. The molecule has 1 unspecified atom stereocenters. The van der Waals surface area contributed by atoms with Crippen LogP contribution in [0.4, 0.5) is 0 Å². The molecule has 6 rings (SSSR count). The van der Waals surface area contributed by atoms with Crippen LogP contribution in [-0.4, -0.2) is 39.9 Å². The minimum atomic E-state index is 0.0839. The van der Waals surface area contributed by atoms with E-state index in [9.17, 15) is 4.79 Å².